The van der Waals surface area contributed by atoms with Gasteiger partial charge in [-0.3, -0.25) is 0 Å². The van der Waals surface area contributed by atoms with Crippen molar-refractivity contribution in [3.63, 3.8) is 0 Å². The van der Waals surface area contributed by atoms with Gasteiger partial charge in [-0.1, -0.05) is 24.1 Å². The Bertz CT molecular complexity index is 849. The fourth-order valence-corrected chi connectivity index (χ4v) is 2.82. The van der Waals surface area contributed by atoms with E-state index in [0.29, 0.717) is 12.2 Å². The normalized spacial score (nSPS) is 11.6. The molecule has 0 spiro atoms. The molecule has 1 aromatic carbocycles. The average molecular weight is 340 g/mol. The smallest absolute Gasteiger partial charge is 0.336 e. The number of aryl methyl sites for hydroxylation is 2. The van der Waals surface area contributed by atoms with E-state index < -0.39 is 0 Å². The molecule has 134 valence electrons. The maximum Gasteiger partial charge on any atom is 0.336 e. The summed E-state index contributed by atoms with van der Waals surface area (Å²) in [5, 5.41) is 0.986. The number of benzene rings is 1. The van der Waals surface area contributed by atoms with E-state index in [1.165, 1.54) is 11.1 Å². The molecule has 0 bridgehead atoms. The molecule has 0 unspecified atom stereocenters. The van der Waals surface area contributed by atoms with Gasteiger partial charge in [-0.2, -0.15) is 0 Å². The van der Waals surface area contributed by atoms with Crippen molar-refractivity contribution in [3.05, 3.63) is 63.0 Å². The van der Waals surface area contributed by atoms with Gasteiger partial charge in [0, 0.05) is 17.0 Å². The second-order valence-corrected chi connectivity index (χ2v) is 6.69. The Balaban J connectivity index is 2.13. The summed E-state index contributed by atoms with van der Waals surface area (Å²) in [6.45, 7) is 10.9. The lowest BCUT2D eigenvalue weighted by Gasteiger charge is -2.11. The molecule has 0 saturated heterocycles. The number of hydrogen-bond acceptors (Lipinski definition) is 3. The summed E-state index contributed by atoms with van der Waals surface area (Å²) in [5.74, 6) is 0.761. The molecule has 25 heavy (non-hydrogen) atoms. The minimum absolute atomic E-state index is 0.306. The van der Waals surface area contributed by atoms with Crippen LogP contribution in [0.4, 0.5) is 0 Å². The van der Waals surface area contributed by atoms with Crippen LogP contribution in [0.5, 0.6) is 5.75 Å². The van der Waals surface area contributed by atoms with Gasteiger partial charge in [-0.25, -0.2) is 4.79 Å². The van der Waals surface area contributed by atoms with Gasteiger partial charge >= 0.3 is 5.63 Å². The van der Waals surface area contributed by atoms with Crippen LogP contribution in [0, 0.1) is 6.92 Å². The average Bonchev–Trinajstić information content (AvgIpc) is 2.56. The minimum atomic E-state index is -0.306. The highest BCUT2D eigenvalue weighted by Crippen LogP contribution is 2.28. The molecule has 2 rings (SSSR count). The van der Waals surface area contributed by atoms with Crippen molar-refractivity contribution < 1.29 is 9.15 Å². The molecule has 1 heterocycles. The Morgan fingerprint density at radius 1 is 1.20 bits per heavy atom. The summed E-state index contributed by atoms with van der Waals surface area (Å²) >= 11 is 0. The lowest BCUT2D eigenvalue weighted by Crippen LogP contribution is -2.03. The molecule has 0 aliphatic heterocycles. The zero-order valence-corrected chi connectivity index (χ0v) is 15.9. The van der Waals surface area contributed by atoms with Gasteiger partial charge in [0.2, 0.25) is 0 Å². The second-order valence-electron chi connectivity index (χ2n) is 6.69. The fraction of sp³-hybridized carbons (Fsp3) is 0.409. The van der Waals surface area contributed by atoms with Gasteiger partial charge in [-0.05, 0) is 70.7 Å². The number of rotatable bonds is 7. The van der Waals surface area contributed by atoms with E-state index >= 15 is 0 Å². The van der Waals surface area contributed by atoms with E-state index in [-0.39, 0.29) is 5.63 Å². The molecule has 0 fully saturated rings. The topological polar surface area (TPSA) is 39.4 Å². The van der Waals surface area contributed by atoms with Gasteiger partial charge in [0.05, 0.1) is 0 Å². The first-order valence-electron chi connectivity index (χ1n) is 8.90. The van der Waals surface area contributed by atoms with Crippen LogP contribution in [0.1, 0.15) is 51.7 Å². The highest BCUT2D eigenvalue weighted by atomic mass is 16.5. The summed E-state index contributed by atoms with van der Waals surface area (Å²) in [7, 11) is 0. The van der Waals surface area contributed by atoms with Gasteiger partial charge < -0.3 is 9.15 Å². The molecular formula is C22H28O3. The van der Waals surface area contributed by atoms with Crippen LogP contribution in [-0.4, -0.2) is 6.61 Å². The van der Waals surface area contributed by atoms with E-state index in [4.69, 9.17) is 9.15 Å². The monoisotopic (exact) mass is 340 g/mol. The largest absolute Gasteiger partial charge is 0.489 e. The van der Waals surface area contributed by atoms with E-state index in [1.807, 2.05) is 26.0 Å². The van der Waals surface area contributed by atoms with Gasteiger partial charge in [0.15, 0.2) is 0 Å². The summed E-state index contributed by atoms with van der Waals surface area (Å²) in [6, 6.07) is 5.51. The maximum absolute atomic E-state index is 11.8. The molecule has 0 saturated carbocycles. The maximum atomic E-state index is 11.8. The number of allylic oxidation sites excluding steroid dienone is 3. The lowest BCUT2D eigenvalue weighted by molar-refractivity contribution is 0.358. The van der Waals surface area contributed by atoms with Gasteiger partial charge in [0.25, 0.3) is 0 Å². The zero-order chi connectivity index (χ0) is 18.4. The van der Waals surface area contributed by atoms with Crippen LogP contribution in [0.15, 0.2) is 50.7 Å². The molecule has 0 amide bonds. The Morgan fingerprint density at radius 3 is 2.64 bits per heavy atom. The standard InChI is InChI=1S/C22H28O3/c1-6-18-14-21(23)25-22-17(5)20(11-10-19(18)22)24-13-12-16(4)9-7-8-15(2)3/h8,10-12,14H,6-7,9,13H2,1-5H3/b16-12+. The molecule has 3 nitrogen and oxygen atoms in total. The summed E-state index contributed by atoms with van der Waals surface area (Å²) < 4.78 is 11.3. The third-order valence-electron chi connectivity index (χ3n) is 4.34. The highest BCUT2D eigenvalue weighted by Gasteiger charge is 2.10. The third-order valence-corrected chi connectivity index (χ3v) is 4.34. The number of fused-ring (bicyclic) bond motifs is 1. The Kier molecular flexibility index (Phi) is 6.63. The van der Waals surface area contributed by atoms with Crippen molar-refractivity contribution in [2.24, 2.45) is 0 Å². The van der Waals surface area contributed by atoms with Crippen molar-refractivity contribution in [2.45, 2.75) is 53.9 Å². The minimum Gasteiger partial charge on any atom is -0.489 e. The zero-order valence-electron chi connectivity index (χ0n) is 15.9. The van der Waals surface area contributed by atoms with Crippen LogP contribution in [0.3, 0.4) is 0 Å². The predicted molar refractivity (Wildman–Crippen MR) is 105 cm³/mol. The quantitative estimate of drug-likeness (QED) is 0.477. The van der Waals surface area contributed by atoms with Crippen molar-refractivity contribution in [2.75, 3.05) is 6.61 Å². The van der Waals surface area contributed by atoms with E-state index in [2.05, 4.69) is 32.9 Å². The summed E-state index contributed by atoms with van der Waals surface area (Å²) in [5.41, 5.74) is 4.88. The highest BCUT2D eigenvalue weighted by molar-refractivity contribution is 5.84. The van der Waals surface area contributed by atoms with E-state index in [9.17, 15) is 4.79 Å². The van der Waals surface area contributed by atoms with Crippen LogP contribution in [-0.2, 0) is 6.42 Å². The van der Waals surface area contributed by atoms with Crippen molar-refractivity contribution in [1.82, 2.24) is 0 Å². The molecule has 0 aliphatic rings. The van der Waals surface area contributed by atoms with Crippen LogP contribution in [0.2, 0.25) is 0 Å². The van der Waals surface area contributed by atoms with Gasteiger partial charge in [0.1, 0.15) is 17.9 Å². The third kappa shape index (κ3) is 5.09. The van der Waals surface area contributed by atoms with E-state index in [0.717, 1.165) is 41.5 Å². The van der Waals surface area contributed by atoms with Crippen molar-refractivity contribution in [3.8, 4) is 5.75 Å². The molecular weight excluding hydrogens is 312 g/mol. The Morgan fingerprint density at radius 2 is 1.96 bits per heavy atom. The van der Waals surface area contributed by atoms with Crippen LogP contribution >= 0.6 is 0 Å². The van der Waals surface area contributed by atoms with Crippen molar-refractivity contribution in [1.29, 1.82) is 0 Å². The second kappa shape index (κ2) is 8.70. The lowest BCUT2D eigenvalue weighted by atomic mass is 10.0. The molecule has 0 radical (unpaired) electrons. The number of hydrogen-bond donors (Lipinski definition) is 0. The first-order valence-corrected chi connectivity index (χ1v) is 8.90. The SMILES string of the molecule is CCc1cc(=O)oc2c(C)c(OC/C=C(\C)CCC=C(C)C)ccc12. The number of ether oxygens (including phenoxy) is 1. The first kappa shape index (κ1) is 19.0. The fourth-order valence-electron chi connectivity index (χ4n) is 2.82. The van der Waals surface area contributed by atoms with E-state index in [1.54, 1.807) is 6.07 Å². The molecule has 1 aromatic heterocycles. The summed E-state index contributed by atoms with van der Waals surface area (Å²) in [4.78, 5) is 11.8. The first-order chi connectivity index (χ1) is 11.9. The molecule has 2 aromatic rings. The Labute approximate surface area is 150 Å². The van der Waals surface area contributed by atoms with Gasteiger partial charge in [-0.15, -0.1) is 0 Å². The molecule has 0 aliphatic carbocycles. The van der Waals surface area contributed by atoms with Crippen LogP contribution < -0.4 is 10.4 Å². The molecule has 0 N–H and O–H groups in total. The predicted octanol–water partition coefficient (Wildman–Crippen LogP) is 5.74. The summed E-state index contributed by atoms with van der Waals surface area (Å²) in [6.07, 6.45) is 7.26. The Hall–Kier alpha value is -2.29. The van der Waals surface area contributed by atoms with Crippen molar-refractivity contribution >= 4 is 11.0 Å². The molecule has 3 heteroatoms. The van der Waals surface area contributed by atoms with Crippen LogP contribution in [0.25, 0.3) is 11.0 Å². The molecule has 0 atom stereocenters.